The van der Waals surface area contributed by atoms with Crippen LogP contribution in [0.3, 0.4) is 0 Å². The molecule has 0 unspecified atom stereocenters. The molecule has 0 aromatic heterocycles. The molecule has 0 saturated carbocycles. The molecular weight excluding hydrogens is 576 g/mol. The number of benzene rings is 2. The van der Waals surface area contributed by atoms with Crippen molar-refractivity contribution in [1.29, 1.82) is 0 Å². The van der Waals surface area contributed by atoms with E-state index in [0.29, 0.717) is 112 Å². The zero-order valence-corrected chi connectivity index (χ0v) is 25.7. The minimum atomic E-state index is -0.00641. The lowest BCUT2D eigenvalue weighted by molar-refractivity contribution is 0.00808. The van der Waals surface area contributed by atoms with Crippen molar-refractivity contribution in [3.63, 3.8) is 0 Å². The molecule has 2 aromatic rings. The first-order valence-corrected chi connectivity index (χ1v) is 15.1. The molecule has 0 radical (unpaired) electrons. The monoisotopic (exact) mass is 626 g/mol. The number of ether oxygens (including phenoxy) is 9. The van der Waals surface area contributed by atoms with E-state index >= 15 is 0 Å². The number of aliphatic hydroxyl groups is 3. The van der Waals surface area contributed by atoms with Crippen LogP contribution in [0.5, 0.6) is 11.5 Å². The summed E-state index contributed by atoms with van der Waals surface area (Å²) in [4.78, 5) is 0. The minimum Gasteiger partial charge on any atom is -0.491 e. The summed E-state index contributed by atoms with van der Waals surface area (Å²) in [7, 11) is 0. The van der Waals surface area contributed by atoms with E-state index in [0.717, 1.165) is 28.2 Å². The van der Waals surface area contributed by atoms with Crippen molar-refractivity contribution in [2.75, 3.05) is 126 Å². The smallest absolute Gasteiger partial charge is 0.123 e. The SMILES string of the molecule is OCCOCCOCCOCCc1c(OCCOCCOCCO)cccc1-c1ccc(OCCOCCOCCO)cc1. The Bertz CT molecular complexity index is 928. The summed E-state index contributed by atoms with van der Waals surface area (Å²) in [6.07, 6.45) is 0.637. The summed E-state index contributed by atoms with van der Waals surface area (Å²) in [5.74, 6) is 1.51. The fraction of sp³-hybridized carbons (Fsp3) is 0.625. The summed E-state index contributed by atoms with van der Waals surface area (Å²) in [6, 6.07) is 13.9. The van der Waals surface area contributed by atoms with E-state index < -0.39 is 0 Å². The van der Waals surface area contributed by atoms with E-state index in [-0.39, 0.29) is 19.8 Å². The van der Waals surface area contributed by atoms with Crippen molar-refractivity contribution >= 4 is 0 Å². The maximum absolute atomic E-state index is 8.78. The largest absolute Gasteiger partial charge is 0.491 e. The van der Waals surface area contributed by atoms with Crippen molar-refractivity contribution in [2.24, 2.45) is 0 Å². The molecule has 2 rings (SSSR count). The fourth-order valence-electron chi connectivity index (χ4n) is 3.94. The summed E-state index contributed by atoms with van der Waals surface area (Å²) in [5.41, 5.74) is 3.10. The maximum atomic E-state index is 8.78. The zero-order chi connectivity index (χ0) is 31.3. The van der Waals surface area contributed by atoms with Crippen LogP contribution in [-0.4, -0.2) is 141 Å². The fourth-order valence-corrected chi connectivity index (χ4v) is 3.94. The second kappa shape index (κ2) is 27.0. The molecule has 0 saturated heterocycles. The summed E-state index contributed by atoms with van der Waals surface area (Å²) in [6.45, 7) is 6.59. The third-order valence-corrected chi connectivity index (χ3v) is 5.97. The van der Waals surface area contributed by atoms with Crippen LogP contribution in [-0.2, 0) is 39.6 Å². The van der Waals surface area contributed by atoms with Crippen LogP contribution in [0, 0.1) is 0 Å². The highest BCUT2D eigenvalue weighted by molar-refractivity contribution is 5.70. The Labute approximate surface area is 260 Å². The lowest BCUT2D eigenvalue weighted by Crippen LogP contribution is -2.13. The lowest BCUT2D eigenvalue weighted by Gasteiger charge is -2.17. The van der Waals surface area contributed by atoms with Crippen LogP contribution < -0.4 is 9.47 Å². The highest BCUT2D eigenvalue weighted by Gasteiger charge is 2.12. The third kappa shape index (κ3) is 17.8. The first-order chi connectivity index (χ1) is 21.8. The normalized spacial score (nSPS) is 11.2. The van der Waals surface area contributed by atoms with Gasteiger partial charge in [0.15, 0.2) is 0 Å². The van der Waals surface area contributed by atoms with E-state index in [4.69, 9.17) is 58.0 Å². The molecule has 0 aliphatic heterocycles. The molecule has 0 spiro atoms. The zero-order valence-electron chi connectivity index (χ0n) is 25.7. The number of aliphatic hydroxyl groups excluding tert-OH is 3. The predicted molar refractivity (Wildman–Crippen MR) is 164 cm³/mol. The second-order valence-corrected chi connectivity index (χ2v) is 9.21. The molecule has 250 valence electrons. The van der Waals surface area contributed by atoms with Crippen molar-refractivity contribution in [3.8, 4) is 22.6 Å². The maximum Gasteiger partial charge on any atom is 0.123 e. The molecule has 12 heteroatoms. The summed E-state index contributed by atoms with van der Waals surface area (Å²) in [5, 5.41) is 26.2. The van der Waals surface area contributed by atoms with Crippen molar-refractivity contribution in [1.82, 2.24) is 0 Å². The average molecular weight is 627 g/mol. The Morgan fingerprint density at radius 2 is 0.841 bits per heavy atom. The molecule has 0 atom stereocenters. The molecule has 12 nitrogen and oxygen atoms in total. The van der Waals surface area contributed by atoms with Gasteiger partial charge in [-0.25, -0.2) is 0 Å². The molecule has 0 bridgehead atoms. The van der Waals surface area contributed by atoms with Gasteiger partial charge in [0.25, 0.3) is 0 Å². The Morgan fingerprint density at radius 3 is 1.34 bits per heavy atom. The predicted octanol–water partition coefficient (Wildman–Crippen LogP) is 1.75. The van der Waals surface area contributed by atoms with Crippen molar-refractivity contribution in [2.45, 2.75) is 6.42 Å². The second-order valence-electron chi connectivity index (χ2n) is 9.21. The number of hydrogen-bond acceptors (Lipinski definition) is 12. The van der Waals surface area contributed by atoms with Crippen LogP contribution in [0.2, 0.25) is 0 Å². The molecule has 0 fully saturated rings. The number of rotatable bonds is 30. The van der Waals surface area contributed by atoms with E-state index in [2.05, 4.69) is 6.07 Å². The van der Waals surface area contributed by atoms with E-state index in [9.17, 15) is 0 Å². The first-order valence-electron chi connectivity index (χ1n) is 15.1. The summed E-state index contributed by atoms with van der Waals surface area (Å²) >= 11 is 0. The van der Waals surface area contributed by atoms with Gasteiger partial charge in [-0.3, -0.25) is 0 Å². The molecule has 2 aromatic carbocycles. The van der Waals surface area contributed by atoms with E-state index in [1.165, 1.54) is 0 Å². The Morgan fingerprint density at radius 1 is 0.409 bits per heavy atom. The first kappa shape index (κ1) is 37.8. The highest BCUT2D eigenvalue weighted by Crippen LogP contribution is 2.32. The van der Waals surface area contributed by atoms with Crippen molar-refractivity contribution in [3.05, 3.63) is 48.0 Å². The van der Waals surface area contributed by atoms with Gasteiger partial charge in [0.2, 0.25) is 0 Å². The van der Waals surface area contributed by atoms with E-state index in [1.54, 1.807) is 0 Å². The van der Waals surface area contributed by atoms with Crippen LogP contribution in [0.1, 0.15) is 5.56 Å². The van der Waals surface area contributed by atoms with Gasteiger partial charge in [-0.2, -0.15) is 0 Å². The van der Waals surface area contributed by atoms with Gasteiger partial charge in [0.1, 0.15) is 24.7 Å². The molecule has 0 amide bonds. The standard InChI is InChI=1S/C32H50O12/c33-9-13-37-17-21-40-20-16-36-12-8-31-30(2-1-3-32(31)44-27-25-42-23-19-39-15-11-35)28-4-6-29(7-5-28)43-26-24-41-22-18-38-14-10-34/h1-7,33-35H,8-27H2. The Balaban J connectivity index is 1.89. The van der Waals surface area contributed by atoms with Gasteiger partial charge in [0.05, 0.1) is 112 Å². The van der Waals surface area contributed by atoms with Crippen LogP contribution in [0.25, 0.3) is 11.1 Å². The van der Waals surface area contributed by atoms with E-state index in [1.807, 2.05) is 36.4 Å². The Hall–Kier alpha value is -2.36. The molecule has 44 heavy (non-hydrogen) atoms. The molecule has 0 aliphatic carbocycles. The van der Waals surface area contributed by atoms with Crippen LogP contribution in [0.4, 0.5) is 0 Å². The number of hydrogen-bond donors (Lipinski definition) is 3. The minimum absolute atomic E-state index is 0.00131. The molecule has 3 N–H and O–H groups in total. The molecule has 0 aliphatic rings. The van der Waals surface area contributed by atoms with Crippen LogP contribution >= 0.6 is 0 Å². The van der Waals surface area contributed by atoms with Crippen molar-refractivity contribution < 1.29 is 58.0 Å². The highest BCUT2D eigenvalue weighted by atomic mass is 16.6. The third-order valence-electron chi connectivity index (χ3n) is 5.97. The van der Waals surface area contributed by atoms with Gasteiger partial charge >= 0.3 is 0 Å². The van der Waals surface area contributed by atoms with Gasteiger partial charge in [-0.05, 0) is 29.3 Å². The molecule has 0 heterocycles. The van der Waals surface area contributed by atoms with Gasteiger partial charge < -0.3 is 58.0 Å². The van der Waals surface area contributed by atoms with Gasteiger partial charge in [0, 0.05) is 12.0 Å². The summed E-state index contributed by atoms with van der Waals surface area (Å²) < 4.78 is 49.9. The van der Waals surface area contributed by atoms with Crippen LogP contribution in [0.15, 0.2) is 42.5 Å². The molecular formula is C32H50O12. The quantitative estimate of drug-likeness (QED) is 0.109. The topological polar surface area (TPSA) is 144 Å². The van der Waals surface area contributed by atoms with Gasteiger partial charge in [-0.15, -0.1) is 0 Å². The lowest BCUT2D eigenvalue weighted by atomic mass is 9.97. The average Bonchev–Trinajstić information content (AvgIpc) is 3.05. The van der Waals surface area contributed by atoms with Gasteiger partial charge in [-0.1, -0.05) is 24.3 Å². The Kier molecular flexibility index (Phi) is 23.2.